The molecule has 6 heteroatoms. The minimum atomic E-state index is -0.847. The van der Waals surface area contributed by atoms with E-state index in [0.29, 0.717) is 24.2 Å². The zero-order valence-corrected chi connectivity index (χ0v) is 12.0. The average molecular weight is 302 g/mol. The fraction of sp³-hybridized carbons (Fsp3) is 0.200. The monoisotopic (exact) mass is 302 g/mol. The van der Waals surface area contributed by atoms with Gasteiger partial charge in [-0.2, -0.15) is 11.3 Å². The zero-order valence-electron chi connectivity index (χ0n) is 11.2. The van der Waals surface area contributed by atoms with Crippen molar-refractivity contribution in [2.75, 3.05) is 16.8 Å². The summed E-state index contributed by atoms with van der Waals surface area (Å²) < 4.78 is 0. The van der Waals surface area contributed by atoms with Gasteiger partial charge in [0.2, 0.25) is 0 Å². The molecule has 1 unspecified atom stereocenters. The van der Waals surface area contributed by atoms with Crippen LogP contribution in [-0.4, -0.2) is 23.7 Å². The molecular weight excluding hydrogens is 288 g/mol. The van der Waals surface area contributed by atoms with Gasteiger partial charge >= 0.3 is 12.0 Å². The van der Waals surface area contributed by atoms with Gasteiger partial charge in [-0.05, 0) is 29.5 Å². The van der Waals surface area contributed by atoms with Gasteiger partial charge in [0.15, 0.2) is 0 Å². The van der Waals surface area contributed by atoms with Crippen LogP contribution in [0.25, 0.3) is 0 Å². The van der Waals surface area contributed by atoms with Crippen LogP contribution in [0.5, 0.6) is 0 Å². The lowest BCUT2D eigenvalue weighted by Crippen LogP contribution is -2.40. The van der Waals surface area contributed by atoms with Gasteiger partial charge in [-0.1, -0.05) is 18.2 Å². The minimum Gasteiger partial charge on any atom is -0.481 e. The fourth-order valence-electron chi connectivity index (χ4n) is 2.56. The molecule has 0 bridgehead atoms. The van der Waals surface area contributed by atoms with Crippen molar-refractivity contribution in [3.05, 3.63) is 46.7 Å². The van der Waals surface area contributed by atoms with Crippen molar-refractivity contribution in [1.29, 1.82) is 0 Å². The van der Waals surface area contributed by atoms with Crippen LogP contribution in [-0.2, 0) is 4.79 Å². The quantitative estimate of drug-likeness (QED) is 0.893. The van der Waals surface area contributed by atoms with E-state index in [4.69, 9.17) is 0 Å². The van der Waals surface area contributed by atoms with E-state index >= 15 is 0 Å². The number of carboxylic acids is 1. The standard InChI is InChI=1S/C15H14N2O3S/c18-14(19)12-5-7-17(13-4-2-1-3-11(12)13)15(20)16-10-6-8-21-9-10/h1-4,6,8-9,12H,5,7H2,(H,16,20)(H,18,19). The molecule has 0 radical (unpaired) electrons. The number of thiophene rings is 1. The highest BCUT2D eigenvalue weighted by molar-refractivity contribution is 7.08. The van der Waals surface area contributed by atoms with Crippen molar-refractivity contribution in [3.8, 4) is 0 Å². The topological polar surface area (TPSA) is 69.6 Å². The molecule has 1 aromatic carbocycles. The van der Waals surface area contributed by atoms with Crippen molar-refractivity contribution in [2.45, 2.75) is 12.3 Å². The Bertz CT molecular complexity index is 669. The summed E-state index contributed by atoms with van der Waals surface area (Å²) in [5, 5.41) is 15.9. The second-order valence-electron chi connectivity index (χ2n) is 4.83. The van der Waals surface area contributed by atoms with Crippen LogP contribution < -0.4 is 10.2 Å². The van der Waals surface area contributed by atoms with E-state index in [-0.39, 0.29) is 6.03 Å². The van der Waals surface area contributed by atoms with Crippen molar-refractivity contribution < 1.29 is 14.7 Å². The van der Waals surface area contributed by atoms with Crippen LogP contribution in [0.4, 0.5) is 16.2 Å². The Morgan fingerprint density at radius 2 is 2.10 bits per heavy atom. The number of aliphatic carboxylic acids is 1. The molecule has 3 rings (SSSR count). The molecule has 1 aliphatic heterocycles. The molecule has 0 saturated carbocycles. The van der Waals surface area contributed by atoms with Crippen LogP contribution in [0.15, 0.2) is 41.1 Å². The third-order valence-corrected chi connectivity index (χ3v) is 4.24. The molecule has 5 nitrogen and oxygen atoms in total. The molecule has 2 N–H and O–H groups in total. The van der Waals surface area contributed by atoms with Gasteiger partial charge in [0.1, 0.15) is 0 Å². The Hall–Kier alpha value is -2.34. The van der Waals surface area contributed by atoms with Crippen LogP contribution in [0.1, 0.15) is 17.9 Å². The second kappa shape index (κ2) is 5.57. The number of nitrogens with zero attached hydrogens (tertiary/aromatic N) is 1. The first-order valence-corrected chi connectivity index (χ1v) is 7.53. The molecule has 0 saturated heterocycles. The highest BCUT2D eigenvalue weighted by Crippen LogP contribution is 2.35. The summed E-state index contributed by atoms with van der Waals surface area (Å²) in [5.41, 5.74) is 2.11. The van der Waals surface area contributed by atoms with E-state index in [1.807, 2.05) is 22.9 Å². The molecule has 0 spiro atoms. The molecule has 2 heterocycles. The number of carbonyl (C=O) groups is 2. The molecule has 0 aliphatic carbocycles. The lowest BCUT2D eigenvalue weighted by atomic mass is 9.90. The Balaban J connectivity index is 1.89. The molecule has 1 atom stereocenters. The number of fused-ring (bicyclic) bond motifs is 1. The summed E-state index contributed by atoms with van der Waals surface area (Å²) in [4.78, 5) is 25.3. The van der Waals surface area contributed by atoms with Crippen LogP contribution in [0.3, 0.4) is 0 Å². The van der Waals surface area contributed by atoms with E-state index < -0.39 is 11.9 Å². The maximum absolute atomic E-state index is 12.4. The van der Waals surface area contributed by atoms with Crippen molar-refractivity contribution in [1.82, 2.24) is 0 Å². The first-order chi connectivity index (χ1) is 10.2. The van der Waals surface area contributed by atoms with Crippen molar-refractivity contribution >= 4 is 34.7 Å². The van der Waals surface area contributed by atoms with E-state index in [2.05, 4.69) is 5.32 Å². The number of hydrogen-bond donors (Lipinski definition) is 2. The fourth-order valence-corrected chi connectivity index (χ4v) is 3.14. The Kier molecular flexibility index (Phi) is 3.62. The summed E-state index contributed by atoms with van der Waals surface area (Å²) in [7, 11) is 0. The van der Waals surface area contributed by atoms with Crippen molar-refractivity contribution in [2.24, 2.45) is 0 Å². The Morgan fingerprint density at radius 1 is 1.29 bits per heavy atom. The summed E-state index contributed by atoms with van der Waals surface area (Å²) in [6.07, 6.45) is 0.420. The van der Waals surface area contributed by atoms with Crippen molar-refractivity contribution in [3.63, 3.8) is 0 Å². The van der Waals surface area contributed by atoms with Gasteiger partial charge in [-0.3, -0.25) is 9.69 Å². The highest BCUT2D eigenvalue weighted by atomic mass is 32.1. The van der Waals surface area contributed by atoms with Gasteiger partial charge in [-0.25, -0.2) is 4.79 Å². The molecule has 1 aliphatic rings. The van der Waals surface area contributed by atoms with Gasteiger partial charge in [0.05, 0.1) is 11.6 Å². The van der Waals surface area contributed by atoms with Crippen LogP contribution in [0, 0.1) is 0 Å². The summed E-state index contributed by atoms with van der Waals surface area (Å²) in [6, 6.07) is 8.78. The number of rotatable bonds is 2. The molecule has 2 aromatic rings. The smallest absolute Gasteiger partial charge is 0.326 e. The molecule has 2 amide bonds. The predicted molar refractivity (Wildman–Crippen MR) is 82.1 cm³/mol. The summed E-state index contributed by atoms with van der Waals surface area (Å²) in [6.45, 7) is 0.393. The summed E-state index contributed by atoms with van der Waals surface area (Å²) in [5.74, 6) is -1.40. The summed E-state index contributed by atoms with van der Waals surface area (Å²) >= 11 is 1.51. The number of urea groups is 1. The molecule has 0 fully saturated rings. The number of hydrogen-bond acceptors (Lipinski definition) is 3. The Labute approximate surface area is 125 Å². The maximum atomic E-state index is 12.4. The van der Waals surface area contributed by atoms with Crippen LogP contribution >= 0.6 is 11.3 Å². The molecule has 21 heavy (non-hydrogen) atoms. The normalized spacial score (nSPS) is 17.1. The van der Waals surface area contributed by atoms with E-state index in [9.17, 15) is 14.7 Å². The second-order valence-corrected chi connectivity index (χ2v) is 5.61. The lowest BCUT2D eigenvalue weighted by molar-refractivity contribution is -0.139. The first kappa shape index (κ1) is 13.6. The van der Waals surface area contributed by atoms with Gasteiger partial charge in [-0.15, -0.1) is 0 Å². The number of amides is 2. The van der Waals surface area contributed by atoms with E-state index in [0.717, 1.165) is 5.69 Å². The number of carbonyl (C=O) groups excluding carboxylic acids is 1. The van der Waals surface area contributed by atoms with Gasteiger partial charge in [0, 0.05) is 17.6 Å². The number of carboxylic acid groups (broad SMARTS) is 1. The number of benzene rings is 1. The first-order valence-electron chi connectivity index (χ1n) is 6.59. The predicted octanol–water partition coefficient (Wildman–Crippen LogP) is 3.36. The Morgan fingerprint density at radius 3 is 2.81 bits per heavy atom. The maximum Gasteiger partial charge on any atom is 0.326 e. The number of nitrogens with one attached hydrogen (secondary N) is 1. The third kappa shape index (κ3) is 2.62. The van der Waals surface area contributed by atoms with E-state index in [1.54, 1.807) is 23.1 Å². The minimum absolute atomic E-state index is 0.232. The highest BCUT2D eigenvalue weighted by Gasteiger charge is 2.32. The average Bonchev–Trinajstić information content (AvgIpc) is 2.98. The lowest BCUT2D eigenvalue weighted by Gasteiger charge is -2.32. The SMILES string of the molecule is O=C(O)C1CCN(C(=O)Nc2ccsc2)c2ccccc21. The number of anilines is 2. The third-order valence-electron chi connectivity index (χ3n) is 3.56. The largest absolute Gasteiger partial charge is 0.481 e. The molecule has 1 aromatic heterocycles. The van der Waals surface area contributed by atoms with Crippen LogP contribution in [0.2, 0.25) is 0 Å². The molecular formula is C15H14N2O3S. The van der Waals surface area contributed by atoms with Gasteiger partial charge in [0.25, 0.3) is 0 Å². The zero-order chi connectivity index (χ0) is 14.8. The number of para-hydroxylation sites is 1. The molecule has 108 valence electrons. The van der Waals surface area contributed by atoms with E-state index in [1.165, 1.54) is 11.3 Å². The van der Waals surface area contributed by atoms with Gasteiger partial charge < -0.3 is 10.4 Å².